The molecule has 1 heterocycles. The average Bonchev–Trinajstić information content (AvgIpc) is 3.08. The average molecular weight is 421 g/mol. The zero-order chi connectivity index (χ0) is 21.9. The number of ether oxygens (including phenoxy) is 1. The minimum absolute atomic E-state index is 0.0196. The molecule has 158 valence electrons. The summed E-state index contributed by atoms with van der Waals surface area (Å²) >= 11 is 0. The van der Waals surface area contributed by atoms with E-state index in [1.165, 1.54) is 0 Å². The van der Waals surface area contributed by atoms with Gasteiger partial charge in [0.1, 0.15) is 5.82 Å². The van der Waals surface area contributed by atoms with Crippen LogP contribution in [-0.2, 0) is 12.6 Å². The lowest BCUT2D eigenvalue weighted by Gasteiger charge is -2.13. The molecule has 0 bridgehead atoms. The first kappa shape index (κ1) is 21.4. The van der Waals surface area contributed by atoms with Gasteiger partial charge in [0.2, 0.25) is 0 Å². The molecule has 2 aromatic carbocycles. The number of nitrogens with zero attached hydrogens (tertiary/aromatic N) is 2. The summed E-state index contributed by atoms with van der Waals surface area (Å²) in [7, 11) is 0. The monoisotopic (exact) mass is 421 g/mol. The second kappa shape index (κ2) is 8.56. The largest absolute Gasteiger partial charge is 0.437 e. The van der Waals surface area contributed by atoms with Crippen molar-refractivity contribution in [2.45, 2.75) is 26.4 Å². The maximum atomic E-state index is 13.6. The number of carbonyl (C=O) groups is 1. The van der Waals surface area contributed by atoms with Gasteiger partial charge in [-0.3, -0.25) is 0 Å². The first-order valence-electron chi connectivity index (χ1n) is 9.08. The van der Waals surface area contributed by atoms with Crippen LogP contribution in [-0.4, -0.2) is 22.4 Å². The third-order valence-corrected chi connectivity index (χ3v) is 4.44. The Bertz CT molecular complexity index is 1040. The second-order valence-electron chi connectivity index (χ2n) is 6.74. The van der Waals surface area contributed by atoms with Crippen molar-refractivity contribution in [2.75, 3.05) is 6.54 Å². The van der Waals surface area contributed by atoms with Crippen LogP contribution in [0.4, 0.5) is 22.4 Å². The Kier molecular flexibility index (Phi) is 6.09. The number of aromatic nitrogens is 2. The van der Waals surface area contributed by atoms with Crippen molar-refractivity contribution in [3.63, 3.8) is 0 Å². The number of nitrogens with one attached hydrogen (secondary N) is 1. The predicted octanol–water partition coefficient (Wildman–Crippen LogP) is 4.98. The van der Waals surface area contributed by atoms with E-state index in [1.54, 1.807) is 0 Å². The summed E-state index contributed by atoms with van der Waals surface area (Å²) in [6.07, 6.45) is -4.57. The maximum absolute atomic E-state index is 13.6. The zero-order valence-corrected chi connectivity index (χ0v) is 16.3. The highest BCUT2D eigenvalue weighted by atomic mass is 19.4. The van der Waals surface area contributed by atoms with Crippen LogP contribution in [0.3, 0.4) is 0 Å². The van der Waals surface area contributed by atoms with Crippen molar-refractivity contribution >= 4 is 6.09 Å². The van der Waals surface area contributed by atoms with Crippen molar-refractivity contribution in [3.8, 4) is 11.4 Å². The van der Waals surface area contributed by atoms with Crippen LogP contribution in [0.1, 0.15) is 22.4 Å². The number of halogens is 4. The highest BCUT2D eigenvalue weighted by Gasteiger charge is 2.40. The van der Waals surface area contributed by atoms with Crippen LogP contribution in [0.5, 0.6) is 5.75 Å². The van der Waals surface area contributed by atoms with Crippen molar-refractivity contribution in [2.24, 2.45) is 0 Å². The van der Waals surface area contributed by atoms with Crippen LogP contribution in [0, 0.1) is 19.7 Å². The lowest BCUT2D eigenvalue weighted by Crippen LogP contribution is -2.29. The van der Waals surface area contributed by atoms with Gasteiger partial charge in [-0.15, -0.1) is 0 Å². The Labute approximate surface area is 170 Å². The summed E-state index contributed by atoms with van der Waals surface area (Å²) in [6.45, 7) is 4.10. The number of hydrogen-bond donors (Lipinski definition) is 1. The predicted molar refractivity (Wildman–Crippen MR) is 102 cm³/mol. The van der Waals surface area contributed by atoms with Crippen molar-refractivity contribution in [1.29, 1.82) is 0 Å². The van der Waals surface area contributed by atoms with Gasteiger partial charge in [0.05, 0.1) is 11.9 Å². The molecule has 1 N–H and O–H groups in total. The van der Waals surface area contributed by atoms with Crippen molar-refractivity contribution in [1.82, 2.24) is 15.1 Å². The molecule has 9 heteroatoms. The number of aryl methyl sites for hydroxylation is 2. The first-order valence-corrected chi connectivity index (χ1v) is 9.08. The van der Waals surface area contributed by atoms with Gasteiger partial charge in [-0.25, -0.2) is 13.9 Å². The lowest BCUT2D eigenvalue weighted by atomic mass is 10.0. The summed E-state index contributed by atoms with van der Waals surface area (Å²) < 4.78 is 59.2. The molecule has 0 saturated heterocycles. The highest BCUT2D eigenvalue weighted by Crippen LogP contribution is 2.37. The highest BCUT2D eigenvalue weighted by molar-refractivity contribution is 5.70. The van der Waals surface area contributed by atoms with Gasteiger partial charge in [-0.1, -0.05) is 23.8 Å². The van der Waals surface area contributed by atoms with Gasteiger partial charge in [-0.05, 0) is 55.7 Å². The molecule has 5 nitrogen and oxygen atoms in total. The second-order valence-corrected chi connectivity index (χ2v) is 6.74. The SMILES string of the molecule is Cc1ccc(CCNC(=O)Oc2cnn(-c3ccc(F)cc3)c2C(F)(F)F)c(C)c1. The fourth-order valence-corrected chi connectivity index (χ4v) is 3.01. The Hall–Kier alpha value is -3.36. The topological polar surface area (TPSA) is 56.1 Å². The number of amides is 1. The number of hydrogen-bond acceptors (Lipinski definition) is 3. The standard InChI is InChI=1S/C21H19F4N3O2/c1-13-3-4-15(14(2)11-13)9-10-26-20(29)30-18-12-27-28(19(18)21(23,24)25)17-7-5-16(22)6-8-17/h3-8,11-12H,9-10H2,1-2H3,(H,26,29). The first-order chi connectivity index (χ1) is 14.1. The van der Waals surface area contributed by atoms with Gasteiger partial charge in [0.25, 0.3) is 0 Å². The summed E-state index contributed by atoms with van der Waals surface area (Å²) in [5.74, 6) is -1.34. The molecule has 0 atom stereocenters. The molecular formula is C21H19F4N3O2. The Morgan fingerprint density at radius 2 is 1.83 bits per heavy atom. The molecule has 1 amide bonds. The fraction of sp³-hybridized carbons (Fsp3) is 0.238. The molecule has 0 aliphatic rings. The van der Waals surface area contributed by atoms with Gasteiger partial charge < -0.3 is 10.1 Å². The molecule has 0 aliphatic carbocycles. The maximum Gasteiger partial charge on any atom is 0.437 e. The van der Waals surface area contributed by atoms with Gasteiger partial charge in [-0.2, -0.15) is 18.3 Å². The third-order valence-electron chi connectivity index (χ3n) is 4.44. The molecule has 3 aromatic rings. The molecule has 0 spiro atoms. The molecule has 1 aromatic heterocycles. The number of rotatable bonds is 5. The Balaban J connectivity index is 1.71. The summed E-state index contributed by atoms with van der Waals surface area (Å²) in [6, 6.07) is 10.2. The minimum atomic E-state index is -4.85. The molecule has 0 radical (unpaired) electrons. The van der Waals surface area contributed by atoms with E-state index in [9.17, 15) is 22.4 Å². The molecule has 3 rings (SSSR count). The molecule has 0 fully saturated rings. The zero-order valence-electron chi connectivity index (χ0n) is 16.3. The van der Waals surface area contributed by atoms with E-state index in [0.29, 0.717) is 11.1 Å². The van der Waals surface area contributed by atoms with Crippen LogP contribution in [0.2, 0.25) is 0 Å². The van der Waals surface area contributed by atoms with Crippen LogP contribution < -0.4 is 10.1 Å². The van der Waals surface area contributed by atoms with E-state index < -0.39 is 29.5 Å². The number of carbonyl (C=O) groups excluding carboxylic acids is 1. The molecule has 0 unspecified atom stereocenters. The van der Waals surface area contributed by atoms with E-state index >= 15 is 0 Å². The van der Waals surface area contributed by atoms with Gasteiger partial charge >= 0.3 is 12.3 Å². The normalized spacial score (nSPS) is 11.4. The summed E-state index contributed by atoms with van der Waals surface area (Å²) in [5, 5.41) is 6.09. The van der Waals surface area contributed by atoms with E-state index in [4.69, 9.17) is 4.74 Å². The minimum Gasteiger partial charge on any atom is -0.406 e. The van der Waals surface area contributed by atoms with E-state index in [1.807, 2.05) is 32.0 Å². The lowest BCUT2D eigenvalue weighted by molar-refractivity contribution is -0.143. The fourth-order valence-electron chi connectivity index (χ4n) is 3.01. The van der Waals surface area contributed by atoms with Crippen LogP contribution >= 0.6 is 0 Å². The van der Waals surface area contributed by atoms with Crippen LogP contribution in [0.15, 0.2) is 48.7 Å². The number of benzene rings is 2. The smallest absolute Gasteiger partial charge is 0.406 e. The molecular weight excluding hydrogens is 402 g/mol. The molecule has 0 aliphatic heterocycles. The Morgan fingerprint density at radius 3 is 2.47 bits per heavy atom. The number of alkyl halides is 3. The summed E-state index contributed by atoms with van der Waals surface area (Å²) in [4.78, 5) is 12.0. The van der Waals surface area contributed by atoms with E-state index in [2.05, 4.69) is 10.4 Å². The van der Waals surface area contributed by atoms with E-state index in [-0.39, 0.29) is 12.2 Å². The van der Waals surface area contributed by atoms with Crippen LogP contribution in [0.25, 0.3) is 5.69 Å². The molecule has 30 heavy (non-hydrogen) atoms. The quantitative estimate of drug-likeness (QED) is 0.592. The van der Waals surface area contributed by atoms with Gasteiger partial charge in [0, 0.05) is 6.54 Å². The Morgan fingerprint density at radius 1 is 1.13 bits per heavy atom. The van der Waals surface area contributed by atoms with E-state index in [0.717, 1.165) is 47.2 Å². The van der Waals surface area contributed by atoms with Crippen molar-refractivity contribution < 1.29 is 27.1 Å². The third kappa shape index (κ3) is 4.97. The van der Waals surface area contributed by atoms with Crippen molar-refractivity contribution in [3.05, 3.63) is 76.9 Å². The molecule has 0 saturated carbocycles. The van der Waals surface area contributed by atoms with Gasteiger partial charge in [0.15, 0.2) is 11.4 Å². The summed E-state index contributed by atoms with van der Waals surface area (Å²) in [5.41, 5.74) is 1.90.